The molecule has 0 saturated carbocycles. The highest BCUT2D eigenvalue weighted by Crippen LogP contribution is 2.24. The Morgan fingerprint density at radius 2 is 1.93 bits per heavy atom. The van der Waals surface area contributed by atoms with Gasteiger partial charge in [0.1, 0.15) is 10.6 Å². The smallest absolute Gasteiger partial charge is 0.338 e. The van der Waals surface area contributed by atoms with Gasteiger partial charge >= 0.3 is 5.97 Å². The molecule has 1 saturated heterocycles. The van der Waals surface area contributed by atoms with Gasteiger partial charge in [-0.2, -0.15) is 9.57 Å². The van der Waals surface area contributed by atoms with Crippen molar-refractivity contribution < 1.29 is 27.3 Å². The van der Waals surface area contributed by atoms with Crippen molar-refractivity contribution in [2.75, 3.05) is 32.8 Å². The van der Waals surface area contributed by atoms with Crippen molar-refractivity contribution >= 4 is 21.9 Å². The number of aryl methyl sites for hydroxylation is 2. The molecular formula is C19H20N4O6S. The maximum absolute atomic E-state index is 12.8. The lowest BCUT2D eigenvalue weighted by molar-refractivity contribution is -0.135. The van der Waals surface area contributed by atoms with E-state index in [2.05, 4.69) is 5.16 Å². The summed E-state index contributed by atoms with van der Waals surface area (Å²) in [5, 5.41) is 12.6. The van der Waals surface area contributed by atoms with Crippen molar-refractivity contribution in [1.29, 1.82) is 5.26 Å². The summed E-state index contributed by atoms with van der Waals surface area (Å²) in [5.74, 6) is -0.910. The zero-order valence-corrected chi connectivity index (χ0v) is 17.3. The molecule has 1 fully saturated rings. The average molecular weight is 432 g/mol. The topological polar surface area (TPSA) is 134 Å². The number of carbonyl (C=O) groups excluding carboxylic acids is 2. The number of nitriles is 1. The summed E-state index contributed by atoms with van der Waals surface area (Å²) in [6.07, 6.45) is 0. The maximum atomic E-state index is 12.8. The normalized spacial score (nSPS) is 14.9. The lowest BCUT2D eigenvalue weighted by Gasteiger charge is -2.33. The minimum atomic E-state index is -3.77. The van der Waals surface area contributed by atoms with Crippen LogP contribution in [0.2, 0.25) is 0 Å². The number of nitrogens with zero attached hydrogens (tertiary/aromatic N) is 4. The molecule has 1 aliphatic rings. The van der Waals surface area contributed by atoms with Crippen LogP contribution in [-0.4, -0.2) is 67.4 Å². The molecule has 0 N–H and O–H groups in total. The number of piperazine rings is 1. The first-order chi connectivity index (χ1) is 14.2. The van der Waals surface area contributed by atoms with Crippen LogP contribution in [0.5, 0.6) is 0 Å². The largest absolute Gasteiger partial charge is 0.452 e. The summed E-state index contributed by atoms with van der Waals surface area (Å²) in [6.45, 7) is 3.18. The van der Waals surface area contributed by atoms with Gasteiger partial charge in [0.05, 0.1) is 17.2 Å². The van der Waals surface area contributed by atoms with Gasteiger partial charge in [0.2, 0.25) is 10.0 Å². The average Bonchev–Trinajstić information content (AvgIpc) is 3.10. The first kappa shape index (κ1) is 21.5. The molecule has 0 aliphatic carbocycles. The van der Waals surface area contributed by atoms with Gasteiger partial charge in [0.25, 0.3) is 5.91 Å². The van der Waals surface area contributed by atoms with E-state index in [4.69, 9.17) is 14.5 Å². The molecule has 1 amide bonds. The first-order valence-corrected chi connectivity index (χ1v) is 10.6. The van der Waals surface area contributed by atoms with E-state index in [1.807, 2.05) is 6.07 Å². The number of rotatable bonds is 5. The van der Waals surface area contributed by atoms with Crippen LogP contribution in [0.3, 0.4) is 0 Å². The minimum Gasteiger partial charge on any atom is -0.452 e. The maximum Gasteiger partial charge on any atom is 0.338 e. The zero-order valence-electron chi connectivity index (χ0n) is 16.5. The number of carbonyl (C=O) groups is 2. The summed E-state index contributed by atoms with van der Waals surface area (Å²) in [7, 11) is -3.77. The van der Waals surface area contributed by atoms with E-state index in [1.54, 1.807) is 19.1 Å². The molecule has 158 valence electrons. The van der Waals surface area contributed by atoms with Crippen LogP contribution in [0.1, 0.15) is 27.4 Å². The molecule has 0 radical (unpaired) electrons. The van der Waals surface area contributed by atoms with E-state index in [9.17, 15) is 18.0 Å². The minimum absolute atomic E-state index is 0.0517. The number of aromatic nitrogens is 1. The van der Waals surface area contributed by atoms with Crippen molar-refractivity contribution in [3.05, 3.63) is 46.8 Å². The highest BCUT2D eigenvalue weighted by molar-refractivity contribution is 7.89. The number of benzene rings is 1. The number of sulfonamides is 1. The molecule has 0 spiro atoms. The Morgan fingerprint density at radius 3 is 2.53 bits per heavy atom. The molecule has 0 atom stereocenters. The van der Waals surface area contributed by atoms with Gasteiger partial charge in [-0.25, -0.2) is 13.2 Å². The van der Waals surface area contributed by atoms with E-state index in [0.29, 0.717) is 11.3 Å². The van der Waals surface area contributed by atoms with E-state index in [1.165, 1.54) is 28.3 Å². The molecule has 3 rings (SSSR count). The summed E-state index contributed by atoms with van der Waals surface area (Å²) in [5.41, 5.74) is 0.780. The van der Waals surface area contributed by atoms with E-state index >= 15 is 0 Å². The Bertz CT molecular complexity index is 1090. The van der Waals surface area contributed by atoms with Gasteiger partial charge in [0, 0.05) is 26.2 Å². The van der Waals surface area contributed by atoms with Crippen molar-refractivity contribution in [2.24, 2.45) is 0 Å². The Kier molecular flexibility index (Phi) is 6.19. The SMILES string of the molecule is Cc1noc(C)c1S(=O)(=O)N1CCN(C(=O)COC(=O)c2cccc(C#N)c2)CC1. The highest BCUT2D eigenvalue weighted by Gasteiger charge is 2.34. The fourth-order valence-electron chi connectivity index (χ4n) is 3.17. The van der Waals surface area contributed by atoms with Gasteiger partial charge in [-0.1, -0.05) is 11.2 Å². The van der Waals surface area contributed by atoms with Gasteiger partial charge in [-0.05, 0) is 32.0 Å². The molecule has 0 unspecified atom stereocenters. The second kappa shape index (κ2) is 8.64. The Balaban J connectivity index is 1.55. The number of amides is 1. The number of esters is 1. The van der Waals surface area contributed by atoms with Gasteiger partial charge in [-0.3, -0.25) is 4.79 Å². The number of hydrogen-bond acceptors (Lipinski definition) is 8. The fraction of sp³-hybridized carbons (Fsp3) is 0.368. The van der Waals surface area contributed by atoms with E-state index < -0.39 is 28.5 Å². The highest BCUT2D eigenvalue weighted by atomic mass is 32.2. The van der Waals surface area contributed by atoms with Crippen LogP contribution >= 0.6 is 0 Å². The Hall–Kier alpha value is -3.23. The molecule has 0 bridgehead atoms. The standard InChI is InChI=1S/C19H20N4O6S/c1-13-18(14(2)29-21-13)30(26,27)23-8-6-22(7-9-23)17(24)12-28-19(25)16-5-3-4-15(10-16)11-20/h3-5,10H,6-9,12H2,1-2H3. The monoisotopic (exact) mass is 432 g/mol. The van der Waals surface area contributed by atoms with E-state index in [-0.39, 0.29) is 42.4 Å². The van der Waals surface area contributed by atoms with Crippen LogP contribution in [0.4, 0.5) is 0 Å². The van der Waals surface area contributed by atoms with Crippen LogP contribution in [0.25, 0.3) is 0 Å². The quantitative estimate of drug-likeness (QED) is 0.635. The van der Waals surface area contributed by atoms with Crippen LogP contribution < -0.4 is 0 Å². The summed E-state index contributed by atoms with van der Waals surface area (Å²) in [4.78, 5) is 25.9. The fourth-order valence-corrected chi connectivity index (χ4v) is 4.88. The summed E-state index contributed by atoms with van der Waals surface area (Å²) < 4.78 is 36.9. The third kappa shape index (κ3) is 4.34. The van der Waals surface area contributed by atoms with Gasteiger partial charge in [0.15, 0.2) is 12.4 Å². The predicted molar refractivity (Wildman–Crippen MR) is 103 cm³/mol. The van der Waals surface area contributed by atoms with Crippen LogP contribution in [0.15, 0.2) is 33.7 Å². The number of ether oxygens (including phenoxy) is 1. The first-order valence-electron chi connectivity index (χ1n) is 9.12. The van der Waals surface area contributed by atoms with E-state index in [0.717, 1.165) is 0 Å². The van der Waals surface area contributed by atoms with Crippen molar-refractivity contribution in [1.82, 2.24) is 14.4 Å². The second-order valence-corrected chi connectivity index (χ2v) is 8.58. The Labute approximate surface area is 173 Å². The molecule has 10 nitrogen and oxygen atoms in total. The molecule has 1 aliphatic heterocycles. The van der Waals surface area contributed by atoms with Crippen molar-refractivity contribution in [2.45, 2.75) is 18.7 Å². The third-order valence-corrected chi connectivity index (χ3v) is 6.85. The molecule has 2 heterocycles. The predicted octanol–water partition coefficient (Wildman–Crippen LogP) is 0.853. The van der Waals surface area contributed by atoms with Crippen molar-refractivity contribution in [3.8, 4) is 6.07 Å². The summed E-state index contributed by atoms with van der Waals surface area (Å²) in [6, 6.07) is 7.90. The molecule has 11 heteroatoms. The molecule has 1 aromatic heterocycles. The van der Waals surface area contributed by atoms with Crippen molar-refractivity contribution in [3.63, 3.8) is 0 Å². The molecule has 1 aromatic carbocycles. The Morgan fingerprint density at radius 1 is 1.23 bits per heavy atom. The van der Waals surface area contributed by atoms with Crippen LogP contribution in [0, 0.1) is 25.2 Å². The van der Waals surface area contributed by atoms with Crippen LogP contribution in [-0.2, 0) is 19.6 Å². The zero-order chi connectivity index (χ0) is 21.9. The van der Waals surface area contributed by atoms with Gasteiger partial charge in [-0.15, -0.1) is 0 Å². The van der Waals surface area contributed by atoms with Gasteiger partial charge < -0.3 is 14.2 Å². The lowest BCUT2D eigenvalue weighted by atomic mass is 10.1. The molecular weight excluding hydrogens is 412 g/mol. The molecule has 2 aromatic rings. The molecule has 30 heavy (non-hydrogen) atoms. The lowest BCUT2D eigenvalue weighted by Crippen LogP contribution is -2.51. The summed E-state index contributed by atoms with van der Waals surface area (Å²) >= 11 is 0. The number of hydrogen-bond donors (Lipinski definition) is 0. The third-order valence-electron chi connectivity index (χ3n) is 4.71. The second-order valence-electron chi connectivity index (χ2n) is 6.71.